The van der Waals surface area contributed by atoms with Crippen LogP contribution < -0.4 is 0 Å². The van der Waals surface area contributed by atoms with Crippen molar-refractivity contribution in [1.29, 1.82) is 0 Å². The topological polar surface area (TPSA) is 66.8 Å². The lowest BCUT2D eigenvalue weighted by Gasteiger charge is -2.37. The summed E-state index contributed by atoms with van der Waals surface area (Å²) in [6, 6.07) is 0. The van der Waals surface area contributed by atoms with E-state index < -0.39 is 23.6 Å². The quantitative estimate of drug-likeness (QED) is 0.865. The van der Waals surface area contributed by atoms with Crippen molar-refractivity contribution in [2.45, 2.75) is 53.1 Å². The van der Waals surface area contributed by atoms with E-state index in [0.717, 1.165) is 6.42 Å². The lowest BCUT2D eigenvalue weighted by Crippen LogP contribution is -2.48. The number of hydrogen-bond donors (Lipinski definition) is 1. The van der Waals surface area contributed by atoms with Crippen LogP contribution in [0.2, 0.25) is 0 Å². The van der Waals surface area contributed by atoms with Gasteiger partial charge in [0, 0.05) is 13.1 Å². The molecule has 1 heterocycles. The van der Waals surface area contributed by atoms with Crippen LogP contribution in [0.3, 0.4) is 0 Å². The highest BCUT2D eigenvalue weighted by atomic mass is 16.6. The van der Waals surface area contributed by atoms with Crippen molar-refractivity contribution in [2.75, 3.05) is 13.1 Å². The van der Waals surface area contributed by atoms with E-state index in [1.165, 1.54) is 0 Å². The van der Waals surface area contributed by atoms with Gasteiger partial charge in [-0.15, -0.1) is 0 Å². The molecule has 20 heavy (non-hydrogen) atoms. The molecule has 1 rings (SSSR count). The van der Waals surface area contributed by atoms with Crippen molar-refractivity contribution in [3.8, 4) is 0 Å². The van der Waals surface area contributed by atoms with Gasteiger partial charge in [0.1, 0.15) is 5.60 Å². The lowest BCUT2D eigenvalue weighted by atomic mass is 9.84. The van der Waals surface area contributed by atoms with Crippen molar-refractivity contribution in [1.82, 2.24) is 4.90 Å². The number of carbonyl (C=O) groups is 2. The summed E-state index contributed by atoms with van der Waals surface area (Å²) in [5.74, 6) is -0.586. The normalized spacial score (nSPS) is 23.8. The van der Waals surface area contributed by atoms with Gasteiger partial charge in [0.15, 0.2) is 0 Å². The molecule has 0 radical (unpaired) electrons. The zero-order valence-electron chi connectivity index (χ0n) is 13.2. The van der Waals surface area contributed by atoms with E-state index in [-0.39, 0.29) is 12.5 Å². The van der Waals surface area contributed by atoms with Gasteiger partial charge in [0.25, 0.3) is 0 Å². The van der Waals surface area contributed by atoms with Gasteiger partial charge in [-0.1, -0.05) is 13.8 Å². The molecule has 1 saturated heterocycles. The lowest BCUT2D eigenvalue weighted by molar-refractivity contribution is -0.144. The summed E-state index contributed by atoms with van der Waals surface area (Å²) in [5.41, 5.74) is -0.555. The van der Waals surface area contributed by atoms with Crippen LogP contribution in [0.5, 0.6) is 0 Å². The Hall–Kier alpha value is -1.26. The van der Waals surface area contributed by atoms with Crippen LogP contribution in [-0.4, -0.2) is 40.8 Å². The number of carboxylic acid groups (broad SMARTS) is 1. The van der Waals surface area contributed by atoms with E-state index in [0.29, 0.717) is 18.9 Å². The highest BCUT2D eigenvalue weighted by molar-refractivity contribution is 5.73. The summed E-state index contributed by atoms with van der Waals surface area (Å²) >= 11 is 0. The molecule has 1 amide bonds. The molecular weight excluding hydrogens is 258 g/mol. The molecule has 0 bridgehead atoms. The molecule has 0 aromatic heterocycles. The molecular formula is C15H27NO4. The van der Waals surface area contributed by atoms with Crippen LogP contribution in [0, 0.1) is 17.8 Å². The predicted molar refractivity (Wildman–Crippen MR) is 76.5 cm³/mol. The van der Waals surface area contributed by atoms with E-state index in [1.807, 2.05) is 20.8 Å². The molecule has 116 valence electrons. The number of carboxylic acids is 1. The monoisotopic (exact) mass is 285 g/mol. The molecule has 2 unspecified atom stereocenters. The van der Waals surface area contributed by atoms with E-state index >= 15 is 0 Å². The van der Waals surface area contributed by atoms with E-state index in [2.05, 4.69) is 13.8 Å². The maximum atomic E-state index is 12.1. The smallest absolute Gasteiger partial charge is 0.410 e. The number of piperidine rings is 1. The summed E-state index contributed by atoms with van der Waals surface area (Å²) in [5, 5.41) is 9.24. The molecule has 0 spiro atoms. The van der Waals surface area contributed by atoms with Crippen LogP contribution in [0.25, 0.3) is 0 Å². The molecule has 5 heteroatoms. The Morgan fingerprint density at radius 2 is 1.90 bits per heavy atom. The average molecular weight is 285 g/mol. The number of aliphatic carboxylic acids is 1. The summed E-state index contributed by atoms with van der Waals surface area (Å²) in [4.78, 5) is 24.9. The van der Waals surface area contributed by atoms with Gasteiger partial charge in [-0.25, -0.2) is 4.79 Å². The van der Waals surface area contributed by atoms with E-state index in [9.17, 15) is 14.7 Å². The largest absolute Gasteiger partial charge is 0.481 e. The summed E-state index contributed by atoms with van der Waals surface area (Å²) < 4.78 is 5.35. The second kappa shape index (κ2) is 6.46. The van der Waals surface area contributed by atoms with Crippen LogP contribution in [0.1, 0.15) is 47.5 Å². The molecule has 2 atom stereocenters. The van der Waals surface area contributed by atoms with Gasteiger partial charge in [-0.2, -0.15) is 0 Å². The first-order chi connectivity index (χ1) is 9.08. The molecule has 0 saturated carbocycles. The van der Waals surface area contributed by atoms with Gasteiger partial charge < -0.3 is 14.7 Å². The Balaban J connectivity index is 2.74. The fourth-order valence-corrected chi connectivity index (χ4v) is 2.70. The minimum atomic E-state index is -0.827. The van der Waals surface area contributed by atoms with E-state index in [4.69, 9.17) is 4.74 Å². The van der Waals surface area contributed by atoms with Gasteiger partial charge in [-0.05, 0) is 45.4 Å². The van der Waals surface area contributed by atoms with Crippen molar-refractivity contribution in [2.24, 2.45) is 17.8 Å². The minimum absolute atomic E-state index is 0.234. The number of ether oxygens (including phenoxy) is 1. The second-order valence-electron chi connectivity index (χ2n) is 7.15. The summed E-state index contributed by atoms with van der Waals surface area (Å²) in [6.45, 7) is 10.5. The predicted octanol–water partition coefficient (Wildman–Crippen LogP) is 2.99. The highest BCUT2D eigenvalue weighted by Crippen LogP contribution is 2.28. The van der Waals surface area contributed by atoms with Crippen LogP contribution in [0.15, 0.2) is 0 Å². The van der Waals surface area contributed by atoms with Gasteiger partial charge in [0.05, 0.1) is 5.92 Å². The van der Waals surface area contributed by atoms with Crippen molar-refractivity contribution >= 4 is 12.1 Å². The average Bonchev–Trinajstić information content (AvgIpc) is 2.25. The Morgan fingerprint density at radius 3 is 2.35 bits per heavy atom. The standard InChI is InChI=1S/C15H27NO4/c1-10(2)6-11-7-12(13(17)18)9-16(8-11)14(19)20-15(3,4)5/h10-12H,6-9H2,1-5H3,(H,17,18). The van der Waals surface area contributed by atoms with Gasteiger partial charge in [0.2, 0.25) is 0 Å². The fourth-order valence-electron chi connectivity index (χ4n) is 2.70. The molecule has 0 aliphatic carbocycles. The Labute approximate surface area is 121 Å². The van der Waals surface area contributed by atoms with Crippen molar-refractivity contribution in [3.05, 3.63) is 0 Å². The molecule has 0 aromatic carbocycles. The Morgan fingerprint density at radius 1 is 1.30 bits per heavy atom. The van der Waals surface area contributed by atoms with Crippen molar-refractivity contribution < 1.29 is 19.4 Å². The minimum Gasteiger partial charge on any atom is -0.481 e. The first kappa shape index (κ1) is 16.8. The number of likely N-dealkylation sites (tertiary alicyclic amines) is 1. The van der Waals surface area contributed by atoms with E-state index in [1.54, 1.807) is 4.90 Å². The summed E-state index contributed by atoms with van der Waals surface area (Å²) in [7, 11) is 0. The number of rotatable bonds is 3. The zero-order chi connectivity index (χ0) is 15.5. The Kier molecular flexibility index (Phi) is 5.42. The van der Waals surface area contributed by atoms with Crippen LogP contribution in [0.4, 0.5) is 4.79 Å². The number of nitrogens with zero attached hydrogens (tertiary/aromatic N) is 1. The molecule has 0 aromatic rings. The second-order valence-corrected chi connectivity index (χ2v) is 7.15. The van der Waals surface area contributed by atoms with Gasteiger partial charge in [-0.3, -0.25) is 4.79 Å². The third-order valence-corrected chi connectivity index (χ3v) is 3.34. The zero-order valence-corrected chi connectivity index (χ0v) is 13.2. The number of hydrogen-bond acceptors (Lipinski definition) is 3. The molecule has 1 aliphatic heterocycles. The Bertz CT molecular complexity index is 359. The molecule has 1 aliphatic rings. The first-order valence-electron chi connectivity index (χ1n) is 7.29. The number of carbonyl (C=O) groups excluding carboxylic acids is 1. The third-order valence-electron chi connectivity index (χ3n) is 3.34. The van der Waals surface area contributed by atoms with Crippen molar-refractivity contribution in [3.63, 3.8) is 0 Å². The highest BCUT2D eigenvalue weighted by Gasteiger charge is 2.35. The summed E-state index contributed by atoms with van der Waals surface area (Å²) in [6.07, 6.45) is 1.17. The van der Waals surface area contributed by atoms with Crippen LogP contribution in [-0.2, 0) is 9.53 Å². The third kappa shape index (κ3) is 5.39. The first-order valence-corrected chi connectivity index (χ1v) is 7.29. The van der Waals surface area contributed by atoms with Crippen LogP contribution >= 0.6 is 0 Å². The maximum Gasteiger partial charge on any atom is 0.410 e. The SMILES string of the molecule is CC(C)CC1CC(C(=O)O)CN(C(=O)OC(C)(C)C)C1. The molecule has 5 nitrogen and oxygen atoms in total. The number of amides is 1. The van der Waals surface area contributed by atoms with Gasteiger partial charge >= 0.3 is 12.1 Å². The maximum absolute atomic E-state index is 12.1. The molecule has 1 N–H and O–H groups in total. The fraction of sp³-hybridized carbons (Fsp3) is 0.867. The molecule has 1 fully saturated rings.